The summed E-state index contributed by atoms with van der Waals surface area (Å²) in [6.45, 7) is 2.67. The van der Waals surface area contributed by atoms with Gasteiger partial charge in [-0.2, -0.15) is 0 Å². The van der Waals surface area contributed by atoms with E-state index in [1.54, 1.807) is 18.2 Å². The van der Waals surface area contributed by atoms with Gasteiger partial charge >= 0.3 is 0 Å². The normalized spacial score (nSPS) is 15.9. The molecule has 0 atom stereocenters. The van der Waals surface area contributed by atoms with Crippen LogP contribution in [0, 0.1) is 0 Å². The Morgan fingerprint density at radius 2 is 1.92 bits per heavy atom. The molecule has 0 radical (unpaired) electrons. The Hall–Kier alpha value is -2.41. The van der Waals surface area contributed by atoms with E-state index in [0.29, 0.717) is 51.2 Å². The van der Waals surface area contributed by atoms with Crippen molar-refractivity contribution >= 4 is 68.2 Å². The molecule has 2 aromatic carbocycles. The molecule has 3 aromatic rings. The number of carbonyl (C=O) groups excluding carboxylic acids is 1. The molecule has 13 heteroatoms. The SMILES string of the molecule is CS(=O)(=O)NCCN1CCc2cc(Nc3ncc4c(n3)SCN(c3c(Cl)cccc3Cl)C4=O)ccc2C1. The van der Waals surface area contributed by atoms with Gasteiger partial charge in [-0.1, -0.05) is 47.1 Å². The number of nitrogens with one attached hydrogen (secondary N) is 2. The average Bonchev–Trinajstić information content (AvgIpc) is 2.84. The summed E-state index contributed by atoms with van der Waals surface area (Å²) in [5.74, 6) is 0.494. The Bertz CT molecular complexity index is 1450. The van der Waals surface area contributed by atoms with E-state index in [-0.39, 0.29) is 5.91 Å². The van der Waals surface area contributed by atoms with E-state index >= 15 is 0 Å². The maximum atomic E-state index is 13.2. The van der Waals surface area contributed by atoms with Gasteiger partial charge in [-0.3, -0.25) is 14.6 Å². The number of anilines is 3. The quantitative estimate of drug-likeness (QED) is 0.403. The Morgan fingerprint density at radius 3 is 2.68 bits per heavy atom. The van der Waals surface area contributed by atoms with Crippen molar-refractivity contribution in [3.8, 4) is 0 Å². The number of para-hydroxylation sites is 1. The number of hydrogen-bond acceptors (Lipinski definition) is 8. The highest BCUT2D eigenvalue weighted by molar-refractivity contribution is 7.99. The number of rotatable bonds is 7. The van der Waals surface area contributed by atoms with Gasteiger partial charge in [0.15, 0.2) is 0 Å². The second kappa shape index (κ2) is 10.8. The van der Waals surface area contributed by atoms with Gasteiger partial charge in [0.2, 0.25) is 16.0 Å². The molecule has 0 unspecified atom stereocenters. The highest BCUT2D eigenvalue weighted by Gasteiger charge is 2.30. The van der Waals surface area contributed by atoms with Crippen LogP contribution in [-0.2, 0) is 23.0 Å². The van der Waals surface area contributed by atoms with Gasteiger partial charge < -0.3 is 5.32 Å². The molecule has 2 aliphatic rings. The fraction of sp³-hybridized carbons (Fsp3) is 0.292. The second-order valence-electron chi connectivity index (χ2n) is 8.79. The first-order chi connectivity index (χ1) is 17.7. The molecule has 5 rings (SSSR count). The Kier molecular flexibility index (Phi) is 7.62. The number of nitrogens with zero attached hydrogens (tertiary/aromatic N) is 4. The van der Waals surface area contributed by atoms with Crippen LogP contribution in [0.15, 0.2) is 47.6 Å². The van der Waals surface area contributed by atoms with Crippen molar-refractivity contribution in [1.82, 2.24) is 19.6 Å². The zero-order valence-electron chi connectivity index (χ0n) is 19.9. The number of thioether (sulfide) groups is 1. The molecule has 0 bridgehead atoms. The third-order valence-electron chi connectivity index (χ3n) is 6.11. The molecule has 9 nitrogen and oxygen atoms in total. The van der Waals surface area contributed by atoms with E-state index in [0.717, 1.165) is 25.2 Å². The Labute approximate surface area is 229 Å². The van der Waals surface area contributed by atoms with Crippen LogP contribution in [0.5, 0.6) is 0 Å². The lowest BCUT2D eigenvalue weighted by Crippen LogP contribution is -2.37. The fourth-order valence-corrected chi connectivity index (χ4v) is 6.33. The monoisotopic (exact) mass is 578 g/mol. The van der Waals surface area contributed by atoms with E-state index in [4.69, 9.17) is 23.2 Å². The van der Waals surface area contributed by atoms with Crippen LogP contribution in [-0.4, -0.2) is 61.0 Å². The van der Waals surface area contributed by atoms with Crippen molar-refractivity contribution in [2.24, 2.45) is 0 Å². The van der Waals surface area contributed by atoms with Gasteiger partial charge in [0, 0.05) is 38.1 Å². The Balaban J connectivity index is 1.26. The van der Waals surface area contributed by atoms with Crippen molar-refractivity contribution in [1.29, 1.82) is 0 Å². The van der Waals surface area contributed by atoms with E-state index in [1.807, 2.05) is 6.07 Å². The number of benzene rings is 2. The molecular formula is C24H24Cl2N6O3S2. The van der Waals surface area contributed by atoms with Crippen molar-refractivity contribution in [3.05, 3.63) is 69.3 Å². The van der Waals surface area contributed by atoms with E-state index < -0.39 is 10.0 Å². The third-order valence-corrected chi connectivity index (χ3v) is 8.42. The largest absolute Gasteiger partial charge is 0.324 e. The highest BCUT2D eigenvalue weighted by atomic mass is 35.5. The molecule has 0 fully saturated rings. The smallest absolute Gasteiger partial charge is 0.263 e. The van der Waals surface area contributed by atoms with Gasteiger partial charge in [0.05, 0.1) is 33.4 Å². The van der Waals surface area contributed by atoms with Crippen molar-refractivity contribution < 1.29 is 13.2 Å². The highest BCUT2D eigenvalue weighted by Crippen LogP contribution is 2.39. The standard InChI is InChI=1S/C24H24Cl2N6O3S2/c1-37(34,35)28-8-10-31-9-7-15-11-17(6-5-16(15)13-31)29-24-27-12-18-22(30-24)36-14-32(23(18)33)21-19(25)3-2-4-20(21)26/h2-6,11-12,28H,7-10,13-14H2,1H3,(H,27,29,30). The van der Waals surface area contributed by atoms with Crippen LogP contribution < -0.4 is 14.9 Å². The summed E-state index contributed by atoms with van der Waals surface area (Å²) >= 11 is 14.0. The first-order valence-electron chi connectivity index (χ1n) is 11.5. The molecule has 2 aliphatic heterocycles. The van der Waals surface area contributed by atoms with Crippen LogP contribution in [0.4, 0.5) is 17.3 Å². The molecule has 0 saturated heterocycles. The number of hydrogen-bond donors (Lipinski definition) is 2. The summed E-state index contributed by atoms with van der Waals surface area (Å²) in [6.07, 6.45) is 3.55. The summed E-state index contributed by atoms with van der Waals surface area (Å²) in [5.41, 5.74) is 4.18. The van der Waals surface area contributed by atoms with Crippen LogP contribution in [0.3, 0.4) is 0 Å². The van der Waals surface area contributed by atoms with Gasteiger partial charge in [-0.05, 0) is 41.8 Å². The minimum atomic E-state index is -3.18. The molecule has 2 N–H and O–H groups in total. The summed E-state index contributed by atoms with van der Waals surface area (Å²) in [5, 5.41) is 4.66. The average molecular weight is 580 g/mol. The van der Waals surface area contributed by atoms with Gasteiger partial charge in [-0.15, -0.1) is 0 Å². The number of sulfonamides is 1. The lowest BCUT2D eigenvalue weighted by Gasteiger charge is -2.29. The first kappa shape index (κ1) is 26.2. The number of aromatic nitrogens is 2. The molecule has 194 valence electrons. The summed E-state index contributed by atoms with van der Waals surface area (Å²) < 4.78 is 25.1. The lowest BCUT2D eigenvalue weighted by molar-refractivity contribution is 0.0985. The first-order valence-corrected chi connectivity index (χ1v) is 15.1. The van der Waals surface area contributed by atoms with E-state index in [2.05, 4.69) is 37.0 Å². The number of halogens is 2. The van der Waals surface area contributed by atoms with Gasteiger partial charge in [0.1, 0.15) is 5.03 Å². The molecule has 0 saturated carbocycles. The molecule has 37 heavy (non-hydrogen) atoms. The van der Waals surface area contributed by atoms with Crippen LogP contribution in [0.25, 0.3) is 0 Å². The van der Waals surface area contributed by atoms with Crippen LogP contribution in [0.2, 0.25) is 10.0 Å². The van der Waals surface area contributed by atoms with Crippen molar-refractivity contribution in [3.63, 3.8) is 0 Å². The zero-order valence-corrected chi connectivity index (χ0v) is 23.0. The van der Waals surface area contributed by atoms with Crippen LogP contribution >= 0.6 is 35.0 Å². The fourth-order valence-electron chi connectivity index (χ4n) is 4.32. The predicted molar refractivity (Wildman–Crippen MR) is 148 cm³/mol. The molecule has 0 spiro atoms. The maximum Gasteiger partial charge on any atom is 0.263 e. The topological polar surface area (TPSA) is 108 Å². The molecular weight excluding hydrogens is 555 g/mol. The van der Waals surface area contributed by atoms with Crippen LogP contribution in [0.1, 0.15) is 21.5 Å². The molecule has 1 amide bonds. The molecule has 3 heterocycles. The van der Waals surface area contributed by atoms with Gasteiger partial charge in [0.25, 0.3) is 5.91 Å². The van der Waals surface area contributed by atoms with E-state index in [1.165, 1.54) is 40.2 Å². The van der Waals surface area contributed by atoms with Crippen molar-refractivity contribution in [2.45, 2.75) is 18.0 Å². The van der Waals surface area contributed by atoms with Crippen molar-refractivity contribution in [2.75, 3.05) is 42.0 Å². The lowest BCUT2D eigenvalue weighted by atomic mass is 9.99. The molecule has 0 aliphatic carbocycles. The predicted octanol–water partition coefficient (Wildman–Crippen LogP) is 4.14. The van der Waals surface area contributed by atoms with Gasteiger partial charge in [-0.25, -0.2) is 23.1 Å². The zero-order chi connectivity index (χ0) is 26.2. The number of amides is 1. The van der Waals surface area contributed by atoms with E-state index in [9.17, 15) is 13.2 Å². The minimum absolute atomic E-state index is 0.250. The Morgan fingerprint density at radius 1 is 1.14 bits per heavy atom. The number of fused-ring (bicyclic) bond motifs is 2. The number of carbonyl (C=O) groups is 1. The third kappa shape index (κ3) is 6.02. The maximum absolute atomic E-state index is 13.2. The molecule has 1 aromatic heterocycles. The summed E-state index contributed by atoms with van der Waals surface area (Å²) in [4.78, 5) is 25.9. The second-order valence-corrected chi connectivity index (χ2v) is 12.4. The minimum Gasteiger partial charge on any atom is -0.324 e. The summed E-state index contributed by atoms with van der Waals surface area (Å²) in [6, 6.07) is 11.3. The summed E-state index contributed by atoms with van der Waals surface area (Å²) in [7, 11) is -3.18.